The lowest BCUT2D eigenvalue weighted by molar-refractivity contribution is -0.121. The van der Waals surface area contributed by atoms with Crippen LogP contribution in [-0.2, 0) is 109 Å². The molecule has 0 unspecified atom stereocenters. The van der Waals surface area contributed by atoms with E-state index in [1.54, 1.807) is 80.7 Å². The van der Waals surface area contributed by atoms with Crippen molar-refractivity contribution in [3.63, 3.8) is 0 Å². The molecule has 736 valence electrons. The lowest BCUT2D eigenvalue weighted by Gasteiger charge is -2.23. The first-order chi connectivity index (χ1) is 68.7. The number of nitrogens with one attached hydrogen (secondary N) is 2. The van der Waals surface area contributed by atoms with Gasteiger partial charge in [0.2, 0.25) is 57.2 Å². The zero-order valence-electron chi connectivity index (χ0n) is 79.5. The number of carbonyl (C=O) groups is 4. The SMILES string of the molecule is CC(C)(CO)NS(=O)(=O)c1ccc(-c2cccc(CC(=O)C3(c4ccc5c(c4)OCO5)CC3)n2)cc1.CCc1ccccc1-c1cnc(CC(=O)C2(c3ccc4c(c3)OCO4)CC2)c(C)c1C.O=C(Cc1cccc(-c2ccc(S(=O)(=O)N3CCC(F)(F)C3)cc2)n1)C1(c2ccc3c(c2)OCO3)CC1.O=C(Cc1cccc(-c2ccc(S(=O)(=O)NCCc3ccccn3)cc2)n1)C1(c2ccc3c(c2)OCO3)CC1. The monoisotopic (exact) mass is 1990 g/mol. The Labute approximate surface area is 828 Å². The fourth-order valence-electron chi connectivity index (χ4n) is 18.9. The number of hydrogen-bond acceptors (Lipinski definition) is 24. The molecule has 27 nitrogen and oxygen atoms in total. The third kappa shape index (κ3) is 21.1. The van der Waals surface area contributed by atoms with Crippen molar-refractivity contribution in [1.29, 1.82) is 0 Å². The number of aliphatic hydroxyl groups excluding tert-OH is 1. The first-order valence-electron chi connectivity index (χ1n) is 47.6. The highest BCUT2D eigenvalue weighted by Crippen LogP contribution is 2.56. The van der Waals surface area contributed by atoms with Crippen molar-refractivity contribution in [3.8, 4) is 90.9 Å². The van der Waals surface area contributed by atoms with Crippen LogP contribution in [0.3, 0.4) is 0 Å². The molecule has 5 aliphatic heterocycles. The van der Waals surface area contributed by atoms with Crippen LogP contribution in [0.15, 0.2) is 270 Å². The zero-order valence-corrected chi connectivity index (χ0v) is 81.9. The molecule has 32 heteroatoms. The summed E-state index contributed by atoms with van der Waals surface area (Å²) < 4.78 is 153. The molecule has 0 spiro atoms. The fraction of sp³-hybridized carbons (Fsp3) is 0.306. The van der Waals surface area contributed by atoms with Crippen molar-refractivity contribution in [2.45, 2.75) is 179 Å². The number of benzene rings is 8. The Kier molecular flexibility index (Phi) is 27.3. The number of aryl methyl sites for hydroxylation is 1. The van der Waals surface area contributed by atoms with Crippen molar-refractivity contribution >= 4 is 53.2 Å². The summed E-state index contributed by atoms with van der Waals surface area (Å²) in [5.41, 5.74) is 14.7. The molecular weight excluding hydrogens is 1880 g/mol. The van der Waals surface area contributed by atoms with E-state index in [1.807, 2.05) is 140 Å². The number of nitrogens with zero attached hydrogens (tertiary/aromatic N) is 6. The number of Topliss-reactive ketones (excluding diaryl/α,β-unsaturated/α-hetero) is 4. The second-order valence-electron chi connectivity index (χ2n) is 38.1. The van der Waals surface area contributed by atoms with E-state index in [1.165, 1.54) is 41.0 Å². The number of halogens is 2. The molecule has 143 heavy (non-hydrogen) atoms. The number of pyridine rings is 5. The molecule has 4 aliphatic carbocycles. The summed E-state index contributed by atoms with van der Waals surface area (Å²) in [6.45, 7) is 9.35. The fourth-order valence-corrected chi connectivity index (χ4v) is 22.8. The van der Waals surface area contributed by atoms with E-state index in [9.17, 15) is 58.3 Å². The topological polar surface area (TPSA) is 357 Å². The molecule has 3 N–H and O–H groups in total. The molecule has 9 aliphatic rings. The highest BCUT2D eigenvalue weighted by Gasteiger charge is 2.55. The van der Waals surface area contributed by atoms with Crippen LogP contribution in [0.1, 0.15) is 146 Å². The average molecular weight is 1990 g/mol. The van der Waals surface area contributed by atoms with Gasteiger partial charge in [0.1, 0.15) is 23.1 Å². The minimum absolute atomic E-state index is 0.0420. The van der Waals surface area contributed by atoms with Crippen LogP contribution in [0.4, 0.5) is 8.78 Å². The summed E-state index contributed by atoms with van der Waals surface area (Å²) in [6, 6.07) is 72.4. The van der Waals surface area contributed by atoms with Crippen LogP contribution in [0.5, 0.6) is 46.0 Å². The molecule has 1 saturated heterocycles. The molecule has 4 saturated carbocycles. The van der Waals surface area contributed by atoms with Gasteiger partial charge in [-0.3, -0.25) is 44.1 Å². The van der Waals surface area contributed by atoms with Crippen LogP contribution < -0.4 is 47.3 Å². The van der Waals surface area contributed by atoms with Crippen molar-refractivity contribution in [2.75, 3.05) is 53.4 Å². The van der Waals surface area contributed by atoms with Crippen LogP contribution >= 0.6 is 0 Å². The van der Waals surface area contributed by atoms with Gasteiger partial charge in [-0.1, -0.05) is 116 Å². The average Bonchev–Trinajstić information content (AvgIpc) is 1.60. The summed E-state index contributed by atoms with van der Waals surface area (Å²) >= 11 is 0. The number of ketones is 4. The van der Waals surface area contributed by atoms with Gasteiger partial charge in [0, 0.05) is 109 Å². The number of sulfonamides is 3. The predicted octanol–water partition coefficient (Wildman–Crippen LogP) is 17.5. The largest absolute Gasteiger partial charge is 0.454 e. The normalized spacial score (nSPS) is 16.7. The van der Waals surface area contributed by atoms with E-state index in [0.29, 0.717) is 87.1 Å². The zero-order chi connectivity index (χ0) is 99.9. The van der Waals surface area contributed by atoms with E-state index >= 15 is 0 Å². The Morgan fingerprint density at radius 1 is 0.413 bits per heavy atom. The number of alkyl halides is 2. The summed E-state index contributed by atoms with van der Waals surface area (Å²) in [7, 11) is -11.4. The predicted molar refractivity (Wildman–Crippen MR) is 529 cm³/mol. The Balaban J connectivity index is 0.000000121. The van der Waals surface area contributed by atoms with Gasteiger partial charge in [-0.2, -0.15) is 4.31 Å². The first kappa shape index (κ1) is 97.9. The van der Waals surface area contributed by atoms with Crippen molar-refractivity contribution in [3.05, 3.63) is 322 Å². The van der Waals surface area contributed by atoms with E-state index in [4.69, 9.17) is 47.9 Å². The van der Waals surface area contributed by atoms with Gasteiger partial charge in [-0.05, 0) is 263 Å². The van der Waals surface area contributed by atoms with Gasteiger partial charge >= 0.3 is 0 Å². The highest BCUT2D eigenvalue weighted by atomic mass is 32.2. The standard InChI is InChI=1S/C30H27N3O5S.C27H24F2N2O5S.C27H28N2O6S.C27H27NO3/c34-29(30(14-15-30)22-9-12-27-28(18-22)38-20-37-27)19-24-5-3-6-26(33-24)21-7-10-25(11-8-21)39(35,36)32-17-13-23-4-1-2-16-31-23;28-27(29)12-13-31(16-27)37(33,34)21-7-4-18(5-8-21)22-3-1-2-20(30-22)15-25(32)26(10-11-26)19-6-9-23-24(14-19)36-17-35-23;1-26(2,16-30)29-36(32,33)21-9-6-18(7-10-21)22-5-3-4-20(28-22)15-25(31)27(12-13-27)19-8-11-23-24(14-19)35-17-34-23;1-4-19-7-5-6-8-21(19)22-15-28-23(18(3)17(22)2)14-26(29)27(11-12-27)20-9-10-24-25(13-20)31-16-30-24/h1-12,16,18,32H,13-15,17,19-20H2;1-9,14H,10-13,15-17H2;3-11,14,29-30H,12-13,15-17H2,1-2H3;5-10,13,15H,4,11-12,14,16H2,1-3H3. The van der Waals surface area contributed by atoms with E-state index < -0.39 is 76.2 Å². The number of aromatic nitrogens is 5. The van der Waals surface area contributed by atoms with Crippen LogP contribution in [0.25, 0.3) is 44.9 Å². The number of ether oxygens (including phenoxy) is 8. The van der Waals surface area contributed by atoms with Gasteiger partial charge in [0.05, 0.1) is 77.8 Å². The maximum Gasteiger partial charge on any atom is 0.262 e. The number of hydrogen-bond donors (Lipinski definition) is 3. The third-order valence-electron chi connectivity index (χ3n) is 28.1. The summed E-state index contributed by atoms with van der Waals surface area (Å²) in [5.74, 6) is 3.14. The number of fused-ring (bicyclic) bond motifs is 4. The molecule has 8 aromatic carbocycles. The van der Waals surface area contributed by atoms with Crippen molar-refractivity contribution in [1.82, 2.24) is 38.7 Å². The van der Waals surface area contributed by atoms with Gasteiger partial charge in [0.15, 0.2) is 46.0 Å². The second-order valence-corrected chi connectivity index (χ2v) is 43.4. The van der Waals surface area contributed by atoms with Gasteiger partial charge in [-0.15, -0.1) is 0 Å². The van der Waals surface area contributed by atoms with Crippen molar-refractivity contribution in [2.24, 2.45) is 0 Å². The molecule has 0 amide bonds. The number of carbonyl (C=O) groups excluding carboxylic acids is 4. The first-order valence-corrected chi connectivity index (χ1v) is 52.0. The third-order valence-corrected chi connectivity index (χ3v) is 33.1. The maximum absolute atomic E-state index is 13.5. The van der Waals surface area contributed by atoms with Gasteiger partial charge in [0.25, 0.3) is 5.92 Å². The quantitative estimate of drug-likeness (QED) is 0.0352. The highest BCUT2D eigenvalue weighted by molar-refractivity contribution is 7.90. The van der Waals surface area contributed by atoms with Crippen LogP contribution in [0, 0.1) is 13.8 Å². The Hall–Kier alpha value is -13.9. The molecule has 5 fully saturated rings. The van der Waals surface area contributed by atoms with Gasteiger partial charge < -0.3 is 43.0 Å². The molecular formula is C111H106F2N8O19S3. The number of rotatable bonds is 32. The summed E-state index contributed by atoms with van der Waals surface area (Å²) in [6.07, 6.45) is 12.1. The minimum atomic E-state index is -4.00. The second kappa shape index (κ2) is 39.8. The lowest BCUT2D eigenvalue weighted by Crippen LogP contribution is -2.46. The summed E-state index contributed by atoms with van der Waals surface area (Å²) in [4.78, 5) is 76.7. The Bertz CT molecular complexity index is 7450. The van der Waals surface area contributed by atoms with Crippen LogP contribution in [0.2, 0.25) is 0 Å². The molecule has 0 atom stereocenters. The Morgan fingerprint density at radius 3 is 1.17 bits per heavy atom. The molecule has 0 radical (unpaired) electrons. The van der Waals surface area contributed by atoms with E-state index in [0.717, 1.165) is 129 Å². The molecule has 5 aromatic heterocycles. The smallest absolute Gasteiger partial charge is 0.262 e. The van der Waals surface area contributed by atoms with Gasteiger partial charge in [-0.25, -0.2) is 43.5 Å². The molecule has 22 rings (SSSR count). The minimum Gasteiger partial charge on any atom is -0.454 e. The molecule has 10 heterocycles. The molecule has 13 aromatic rings. The lowest BCUT2D eigenvalue weighted by atomic mass is 9.87. The molecule has 0 bridgehead atoms. The summed E-state index contributed by atoms with van der Waals surface area (Å²) in [5, 5.41) is 9.37. The van der Waals surface area contributed by atoms with E-state index in [2.05, 4.69) is 69.4 Å². The van der Waals surface area contributed by atoms with Crippen molar-refractivity contribution < 1.29 is 96.2 Å². The van der Waals surface area contributed by atoms with Crippen LogP contribution in [-0.4, -0.2) is 148 Å². The van der Waals surface area contributed by atoms with E-state index in [-0.39, 0.29) is 104 Å². The number of aliphatic hydroxyl groups is 1. The maximum atomic E-state index is 13.5. The Morgan fingerprint density at radius 2 is 0.790 bits per heavy atom.